The first kappa shape index (κ1) is 23.2. The number of hydrogen-bond donors (Lipinski definition) is 1. The largest absolute Gasteiger partial charge is 0.497 e. The molecule has 4 nitrogen and oxygen atoms in total. The van der Waals surface area contributed by atoms with Crippen molar-refractivity contribution in [2.75, 3.05) is 20.2 Å². The minimum atomic E-state index is 0. The number of hydrogen-bond acceptors (Lipinski definition) is 3. The van der Waals surface area contributed by atoms with Gasteiger partial charge < -0.3 is 15.0 Å². The highest BCUT2D eigenvalue weighted by molar-refractivity contribution is 5.85. The first-order valence-corrected chi connectivity index (χ1v) is 10.3. The zero-order chi connectivity index (χ0) is 20.1. The molecule has 158 valence electrons. The van der Waals surface area contributed by atoms with Crippen LogP contribution in [0.3, 0.4) is 0 Å². The van der Waals surface area contributed by atoms with E-state index in [1.807, 2.05) is 23.1 Å². The average Bonchev–Trinajstić information content (AvgIpc) is 2.74. The molecule has 1 amide bonds. The summed E-state index contributed by atoms with van der Waals surface area (Å²) in [7, 11) is 1.68. The number of benzene rings is 2. The summed E-state index contributed by atoms with van der Waals surface area (Å²) in [5.74, 6) is 1.28. The number of carbonyl (C=O) groups excluding carboxylic acids is 1. The van der Waals surface area contributed by atoms with Gasteiger partial charge in [-0.25, -0.2) is 0 Å². The summed E-state index contributed by atoms with van der Waals surface area (Å²) in [6, 6.07) is 17.1. The summed E-state index contributed by atoms with van der Waals surface area (Å²) in [5, 5.41) is 3.43. The number of piperidine rings is 1. The zero-order valence-electron chi connectivity index (χ0n) is 17.9. The van der Waals surface area contributed by atoms with Crippen molar-refractivity contribution in [1.82, 2.24) is 10.2 Å². The molecular weight excluding hydrogens is 384 g/mol. The second-order valence-corrected chi connectivity index (χ2v) is 7.73. The van der Waals surface area contributed by atoms with Gasteiger partial charge in [-0.3, -0.25) is 4.79 Å². The van der Waals surface area contributed by atoms with E-state index in [0.717, 1.165) is 42.8 Å². The van der Waals surface area contributed by atoms with E-state index in [0.29, 0.717) is 11.9 Å². The number of amides is 1. The molecule has 0 aliphatic carbocycles. The molecule has 0 aromatic heterocycles. The maximum absolute atomic E-state index is 13.1. The number of nitrogens with zero attached hydrogens (tertiary/aromatic N) is 1. The van der Waals surface area contributed by atoms with Crippen molar-refractivity contribution in [3.05, 3.63) is 54.1 Å². The highest BCUT2D eigenvalue weighted by Gasteiger charge is 2.30. The number of ether oxygens (including phenoxy) is 1. The molecule has 1 fully saturated rings. The van der Waals surface area contributed by atoms with Gasteiger partial charge in [-0.05, 0) is 69.0 Å². The van der Waals surface area contributed by atoms with Gasteiger partial charge in [0, 0.05) is 18.5 Å². The molecule has 1 aliphatic rings. The molecule has 0 saturated carbocycles. The molecule has 0 spiro atoms. The van der Waals surface area contributed by atoms with E-state index in [1.54, 1.807) is 7.11 Å². The first-order chi connectivity index (χ1) is 13.5. The molecule has 3 rings (SSSR count). The second-order valence-electron chi connectivity index (χ2n) is 7.73. The van der Waals surface area contributed by atoms with Crippen LogP contribution in [0, 0.1) is 5.92 Å². The SMILES string of the molecule is CCN(C(=O)[C@H]1CCN[C@@H](C)C1)C(C)c1ccc(-c2cccc(OC)c2)cc1.Cl. The smallest absolute Gasteiger partial charge is 0.226 e. The molecule has 2 aromatic rings. The van der Waals surface area contributed by atoms with Crippen molar-refractivity contribution >= 4 is 18.3 Å². The molecule has 1 saturated heterocycles. The fourth-order valence-electron chi connectivity index (χ4n) is 4.15. The summed E-state index contributed by atoms with van der Waals surface area (Å²) in [4.78, 5) is 15.2. The van der Waals surface area contributed by atoms with Crippen LogP contribution in [-0.2, 0) is 4.79 Å². The molecule has 2 aromatic carbocycles. The van der Waals surface area contributed by atoms with Gasteiger partial charge in [0.2, 0.25) is 5.91 Å². The lowest BCUT2D eigenvalue weighted by Crippen LogP contribution is -2.44. The lowest BCUT2D eigenvalue weighted by atomic mass is 9.91. The van der Waals surface area contributed by atoms with Crippen LogP contribution in [0.15, 0.2) is 48.5 Å². The maximum atomic E-state index is 13.1. The van der Waals surface area contributed by atoms with Gasteiger partial charge in [-0.1, -0.05) is 36.4 Å². The Labute approximate surface area is 181 Å². The van der Waals surface area contributed by atoms with E-state index in [2.05, 4.69) is 56.4 Å². The molecule has 1 N–H and O–H groups in total. The maximum Gasteiger partial charge on any atom is 0.226 e. The van der Waals surface area contributed by atoms with E-state index < -0.39 is 0 Å². The van der Waals surface area contributed by atoms with Crippen LogP contribution in [0.4, 0.5) is 0 Å². The lowest BCUT2D eigenvalue weighted by Gasteiger charge is -2.35. The molecule has 1 unspecified atom stereocenters. The molecule has 1 heterocycles. The predicted molar refractivity (Wildman–Crippen MR) is 122 cm³/mol. The monoisotopic (exact) mass is 416 g/mol. The topological polar surface area (TPSA) is 41.6 Å². The van der Waals surface area contributed by atoms with Crippen LogP contribution in [-0.4, -0.2) is 37.0 Å². The Kier molecular flexibility index (Phi) is 8.54. The molecule has 3 atom stereocenters. The van der Waals surface area contributed by atoms with Crippen LogP contribution < -0.4 is 10.1 Å². The van der Waals surface area contributed by atoms with Crippen molar-refractivity contribution in [3.63, 3.8) is 0 Å². The number of halogens is 1. The Hall–Kier alpha value is -2.04. The highest BCUT2D eigenvalue weighted by atomic mass is 35.5. The molecule has 29 heavy (non-hydrogen) atoms. The standard InChI is InChI=1S/C24H32N2O2.ClH/c1-5-26(24(27)22-13-14-25-17(2)15-22)18(3)19-9-11-20(12-10-19)21-7-6-8-23(16-21)28-4;/h6-12,16-18,22,25H,5,13-15H2,1-4H3;1H/t17-,18?,22-;/m0./s1. The van der Waals surface area contributed by atoms with E-state index in [4.69, 9.17) is 4.74 Å². The Balaban J connectivity index is 0.00000300. The van der Waals surface area contributed by atoms with Gasteiger partial charge in [-0.15, -0.1) is 12.4 Å². The Morgan fingerprint density at radius 1 is 1.21 bits per heavy atom. The predicted octanol–water partition coefficient (Wildman–Crippen LogP) is 5.08. The fourth-order valence-corrected chi connectivity index (χ4v) is 4.15. The number of rotatable bonds is 6. The second kappa shape index (κ2) is 10.7. The van der Waals surface area contributed by atoms with Gasteiger partial charge in [0.05, 0.1) is 13.2 Å². The number of methoxy groups -OCH3 is 1. The van der Waals surface area contributed by atoms with Crippen LogP contribution in [0.25, 0.3) is 11.1 Å². The Bertz CT molecular complexity index is 794. The van der Waals surface area contributed by atoms with Crippen LogP contribution in [0.5, 0.6) is 5.75 Å². The van der Waals surface area contributed by atoms with E-state index in [9.17, 15) is 4.79 Å². The quantitative estimate of drug-likeness (QED) is 0.713. The third-order valence-corrected chi connectivity index (χ3v) is 5.86. The summed E-state index contributed by atoms with van der Waals surface area (Å²) in [6.45, 7) is 8.03. The Morgan fingerprint density at radius 3 is 2.55 bits per heavy atom. The highest BCUT2D eigenvalue weighted by Crippen LogP contribution is 2.29. The first-order valence-electron chi connectivity index (χ1n) is 10.3. The molecular formula is C24H33ClN2O2. The summed E-state index contributed by atoms with van der Waals surface area (Å²) < 4.78 is 5.33. The van der Waals surface area contributed by atoms with Gasteiger partial charge in [-0.2, -0.15) is 0 Å². The normalized spacial score (nSPS) is 19.7. The van der Waals surface area contributed by atoms with E-state index >= 15 is 0 Å². The van der Waals surface area contributed by atoms with E-state index in [1.165, 1.54) is 5.56 Å². The summed E-state index contributed by atoms with van der Waals surface area (Å²) >= 11 is 0. The molecule has 1 aliphatic heterocycles. The number of carbonyl (C=O) groups is 1. The average molecular weight is 417 g/mol. The van der Waals surface area contributed by atoms with Crippen LogP contribution in [0.2, 0.25) is 0 Å². The molecule has 0 bridgehead atoms. The zero-order valence-corrected chi connectivity index (χ0v) is 18.7. The van der Waals surface area contributed by atoms with Crippen LogP contribution in [0.1, 0.15) is 45.2 Å². The minimum Gasteiger partial charge on any atom is -0.497 e. The van der Waals surface area contributed by atoms with Crippen molar-refractivity contribution in [2.24, 2.45) is 5.92 Å². The minimum absolute atomic E-state index is 0. The summed E-state index contributed by atoms with van der Waals surface area (Å²) in [5.41, 5.74) is 3.45. The van der Waals surface area contributed by atoms with Crippen LogP contribution >= 0.6 is 12.4 Å². The van der Waals surface area contributed by atoms with Crippen molar-refractivity contribution in [1.29, 1.82) is 0 Å². The van der Waals surface area contributed by atoms with Crippen molar-refractivity contribution in [3.8, 4) is 16.9 Å². The van der Waals surface area contributed by atoms with Crippen molar-refractivity contribution in [2.45, 2.75) is 45.7 Å². The van der Waals surface area contributed by atoms with Gasteiger partial charge >= 0.3 is 0 Å². The summed E-state index contributed by atoms with van der Waals surface area (Å²) in [6.07, 6.45) is 1.86. The van der Waals surface area contributed by atoms with Gasteiger partial charge in [0.1, 0.15) is 5.75 Å². The third-order valence-electron chi connectivity index (χ3n) is 5.86. The molecule has 5 heteroatoms. The number of nitrogens with one attached hydrogen (secondary N) is 1. The van der Waals surface area contributed by atoms with Crippen molar-refractivity contribution < 1.29 is 9.53 Å². The Morgan fingerprint density at radius 2 is 1.93 bits per heavy atom. The molecule has 0 radical (unpaired) electrons. The van der Waals surface area contributed by atoms with Gasteiger partial charge in [0.25, 0.3) is 0 Å². The fraction of sp³-hybridized carbons (Fsp3) is 0.458. The van der Waals surface area contributed by atoms with Gasteiger partial charge in [0.15, 0.2) is 0 Å². The third kappa shape index (κ3) is 5.52. The lowest BCUT2D eigenvalue weighted by molar-refractivity contribution is -0.138. The van der Waals surface area contributed by atoms with E-state index in [-0.39, 0.29) is 24.4 Å².